The van der Waals surface area contributed by atoms with Crippen LogP contribution in [-0.4, -0.2) is 10.9 Å². The highest BCUT2D eigenvalue weighted by Gasteiger charge is 2.07. The summed E-state index contributed by atoms with van der Waals surface area (Å²) in [4.78, 5) is 16.0. The molecule has 1 aromatic carbocycles. The lowest BCUT2D eigenvalue weighted by Gasteiger charge is -2.00. The van der Waals surface area contributed by atoms with Gasteiger partial charge in [0, 0.05) is 5.56 Å². The van der Waals surface area contributed by atoms with Crippen molar-refractivity contribution in [3.05, 3.63) is 47.1 Å². The van der Waals surface area contributed by atoms with Crippen LogP contribution in [0.4, 0.5) is 5.00 Å². The Hall–Kier alpha value is -1.68. The van der Waals surface area contributed by atoms with Crippen LogP contribution in [0.5, 0.6) is 0 Å². The maximum Gasteiger partial charge on any atom is 0.256 e. The molecule has 0 aliphatic rings. The molecule has 1 N–H and O–H groups in total. The highest BCUT2D eigenvalue weighted by Crippen LogP contribution is 2.19. The fraction of sp³-hybridized carbons (Fsp3) is 0.167. The van der Waals surface area contributed by atoms with Gasteiger partial charge in [-0.25, -0.2) is 4.98 Å². The summed E-state index contributed by atoms with van der Waals surface area (Å²) >= 11 is 1.51. The van der Waals surface area contributed by atoms with Gasteiger partial charge in [-0.2, -0.15) is 0 Å². The zero-order chi connectivity index (χ0) is 11.4. The summed E-state index contributed by atoms with van der Waals surface area (Å²) in [5.41, 5.74) is 0.661. The van der Waals surface area contributed by atoms with Crippen LogP contribution in [0.25, 0.3) is 0 Å². The molecule has 0 aliphatic heterocycles. The van der Waals surface area contributed by atoms with Crippen molar-refractivity contribution in [2.45, 2.75) is 13.3 Å². The summed E-state index contributed by atoms with van der Waals surface area (Å²) in [7, 11) is 0. The van der Waals surface area contributed by atoms with Gasteiger partial charge in [-0.3, -0.25) is 4.79 Å². The first-order valence-corrected chi connectivity index (χ1v) is 5.92. The molecule has 82 valence electrons. The summed E-state index contributed by atoms with van der Waals surface area (Å²) in [6.45, 7) is 2.04. The molecule has 0 bridgehead atoms. The smallest absolute Gasteiger partial charge is 0.256 e. The molecule has 0 saturated carbocycles. The molecule has 0 saturated heterocycles. The zero-order valence-electron chi connectivity index (χ0n) is 8.93. The molecule has 1 amide bonds. The summed E-state index contributed by atoms with van der Waals surface area (Å²) in [5.74, 6) is -0.0908. The first kappa shape index (κ1) is 10.8. The van der Waals surface area contributed by atoms with E-state index in [1.807, 2.05) is 25.1 Å². The first-order chi connectivity index (χ1) is 7.79. The molecule has 3 nitrogen and oxygen atoms in total. The van der Waals surface area contributed by atoms with Crippen LogP contribution < -0.4 is 5.32 Å². The van der Waals surface area contributed by atoms with E-state index in [0.717, 1.165) is 16.4 Å². The molecule has 2 rings (SSSR count). The number of hydrogen-bond acceptors (Lipinski definition) is 3. The molecule has 4 heteroatoms. The predicted molar refractivity (Wildman–Crippen MR) is 65.9 cm³/mol. The van der Waals surface area contributed by atoms with Crippen LogP contribution in [0, 0.1) is 0 Å². The number of amides is 1. The second-order valence-electron chi connectivity index (χ2n) is 3.29. The fourth-order valence-corrected chi connectivity index (χ4v) is 2.06. The maximum absolute atomic E-state index is 11.8. The van der Waals surface area contributed by atoms with Gasteiger partial charge in [0.05, 0.1) is 11.2 Å². The van der Waals surface area contributed by atoms with Gasteiger partial charge in [-0.1, -0.05) is 25.1 Å². The fourth-order valence-electron chi connectivity index (χ4n) is 1.31. The van der Waals surface area contributed by atoms with E-state index in [1.54, 1.807) is 18.3 Å². The Kier molecular flexibility index (Phi) is 3.31. The zero-order valence-corrected chi connectivity index (χ0v) is 9.75. The third-order valence-corrected chi connectivity index (χ3v) is 3.19. The van der Waals surface area contributed by atoms with E-state index < -0.39 is 0 Å². The van der Waals surface area contributed by atoms with Gasteiger partial charge < -0.3 is 5.32 Å². The van der Waals surface area contributed by atoms with Gasteiger partial charge in [-0.15, -0.1) is 11.3 Å². The Balaban J connectivity index is 2.08. The molecule has 2 aromatic rings. The summed E-state index contributed by atoms with van der Waals surface area (Å²) in [6, 6.07) is 9.16. The molecule has 1 heterocycles. The number of anilines is 1. The van der Waals surface area contributed by atoms with E-state index >= 15 is 0 Å². The number of rotatable bonds is 3. The number of aryl methyl sites for hydroxylation is 1. The van der Waals surface area contributed by atoms with E-state index in [9.17, 15) is 4.79 Å². The summed E-state index contributed by atoms with van der Waals surface area (Å²) < 4.78 is 0. The Morgan fingerprint density at radius 2 is 2.12 bits per heavy atom. The number of thiazole rings is 1. The monoisotopic (exact) mass is 232 g/mol. The Morgan fingerprint density at radius 1 is 1.38 bits per heavy atom. The van der Waals surface area contributed by atoms with Gasteiger partial charge in [0.2, 0.25) is 0 Å². The molecule has 0 radical (unpaired) electrons. The largest absolute Gasteiger partial charge is 0.312 e. The maximum atomic E-state index is 11.8. The van der Waals surface area contributed by atoms with Crippen LogP contribution >= 0.6 is 11.3 Å². The van der Waals surface area contributed by atoms with Crippen LogP contribution in [0.1, 0.15) is 22.3 Å². The van der Waals surface area contributed by atoms with E-state index in [4.69, 9.17) is 0 Å². The van der Waals surface area contributed by atoms with Crippen molar-refractivity contribution in [1.29, 1.82) is 0 Å². The van der Waals surface area contributed by atoms with E-state index in [1.165, 1.54) is 11.3 Å². The lowest BCUT2D eigenvalue weighted by atomic mass is 10.2. The third-order valence-electron chi connectivity index (χ3n) is 2.13. The molecule has 1 aromatic heterocycles. The summed E-state index contributed by atoms with van der Waals surface area (Å²) in [6.07, 6.45) is 2.59. The van der Waals surface area contributed by atoms with Crippen molar-refractivity contribution in [3.8, 4) is 0 Å². The molecular formula is C12H12N2OS. The van der Waals surface area contributed by atoms with Gasteiger partial charge in [-0.05, 0) is 18.6 Å². The minimum absolute atomic E-state index is 0.0908. The topological polar surface area (TPSA) is 42.0 Å². The van der Waals surface area contributed by atoms with E-state index in [0.29, 0.717) is 5.56 Å². The van der Waals surface area contributed by atoms with Crippen molar-refractivity contribution in [3.63, 3.8) is 0 Å². The number of nitrogens with zero attached hydrogens (tertiary/aromatic N) is 1. The van der Waals surface area contributed by atoms with E-state index in [-0.39, 0.29) is 5.91 Å². The van der Waals surface area contributed by atoms with Crippen LogP contribution in [0.3, 0.4) is 0 Å². The van der Waals surface area contributed by atoms with Crippen molar-refractivity contribution < 1.29 is 4.79 Å². The highest BCUT2D eigenvalue weighted by atomic mass is 32.1. The predicted octanol–water partition coefficient (Wildman–Crippen LogP) is 2.96. The Bertz CT molecular complexity index is 479. The molecule has 0 atom stereocenters. The highest BCUT2D eigenvalue weighted by molar-refractivity contribution is 7.15. The molecular weight excluding hydrogens is 220 g/mol. The van der Waals surface area contributed by atoms with Gasteiger partial charge in [0.15, 0.2) is 0 Å². The average Bonchev–Trinajstić information content (AvgIpc) is 2.78. The molecule has 0 spiro atoms. The SMILES string of the molecule is CCc1ncc(NC(=O)c2ccccc2)s1. The van der Waals surface area contributed by atoms with Gasteiger partial charge in [0.25, 0.3) is 5.91 Å². The third kappa shape index (κ3) is 2.46. The van der Waals surface area contributed by atoms with Crippen molar-refractivity contribution >= 4 is 22.2 Å². The lowest BCUT2D eigenvalue weighted by molar-refractivity contribution is 0.102. The minimum Gasteiger partial charge on any atom is -0.312 e. The Morgan fingerprint density at radius 3 is 2.75 bits per heavy atom. The van der Waals surface area contributed by atoms with Crippen molar-refractivity contribution in [1.82, 2.24) is 4.98 Å². The Labute approximate surface area is 98.2 Å². The number of hydrogen-bond donors (Lipinski definition) is 1. The quantitative estimate of drug-likeness (QED) is 0.884. The van der Waals surface area contributed by atoms with Crippen LogP contribution in [-0.2, 0) is 6.42 Å². The van der Waals surface area contributed by atoms with E-state index in [2.05, 4.69) is 10.3 Å². The normalized spacial score (nSPS) is 10.1. The molecule has 0 aliphatic carbocycles. The second-order valence-corrected chi connectivity index (χ2v) is 4.41. The van der Waals surface area contributed by atoms with Gasteiger partial charge >= 0.3 is 0 Å². The number of carbonyl (C=O) groups excluding carboxylic acids is 1. The molecule has 0 fully saturated rings. The van der Waals surface area contributed by atoms with Crippen molar-refractivity contribution in [2.24, 2.45) is 0 Å². The first-order valence-electron chi connectivity index (χ1n) is 5.10. The van der Waals surface area contributed by atoms with Crippen LogP contribution in [0.2, 0.25) is 0 Å². The molecule has 16 heavy (non-hydrogen) atoms. The average molecular weight is 232 g/mol. The number of aromatic nitrogens is 1. The number of benzene rings is 1. The standard InChI is InChI=1S/C12H12N2OS/c1-2-10-13-8-11(16-10)14-12(15)9-6-4-3-5-7-9/h3-8H,2H2,1H3,(H,14,15). The number of carbonyl (C=O) groups is 1. The van der Waals surface area contributed by atoms with Crippen molar-refractivity contribution in [2.75, 3.05) is 5.32 Å². The molecule has 0 unspecified atom stereocenters. The lowest BCUT2D eigenvalue weighted by Crippen LogP contribution is -2.10. The van der Waals surface area contributed by atoms with Gasteiger partial charge in [0.1, 0.15) is 5.00 Å². The van der Waals surface area contributed by atoms with Crippen LogP contribution in [0.15, 0.2) is 36.5 Å². The summed E-state index contributed by atoms with van der Waals surface area (Å²) in [5, 5.41) is 4.66. The minimum atomic E-state index is -0.0908. The second kappa shape index (κ2) is 4.90. The number of nitrogens with one attached hydrogen (secondary N) is 1.